The Balaban J connectivity index is 1.53. The Morgan fingerprint density at radius 3 is 2.45 bits per heavy atom. The highest BCUT2D eigenvalue weighted by Crippen LogP contribution is 2.45. The van der Waals surface area contributed by atoms with Crippen molar-refractivity contribution < 1.29 is 45.6 Å². The molecule has 0 radical (unpaired) electrons. The minimum absolute atomic E-state index is 0.0159. The van der Waals surface area contributed by atoms with Crippen molar-refractivity contribution in [3.05, 3.63) is 93.0 Å². The maximum atomic E-state index is 14.9. The Bertz CT molecular complexity index is 2390. The molecule has 6 rings (SSSR count). The zero-order valence-corrected chi connectivity index (χ0v) is 30.8. The minimum atomic E-state index is -3.53. The molecule has 3 atom stereocenters. The van der Waals surface area contributed by atoms with Gasteiger partial charge in [0.2, 0.25) is 5.91 Å². The second-order valence-corrected chi connectivity index (χ2v) is 14.7. The third kappa shape index (κ3) is 8.34. The molecule has 0 fully saturated rings. The number of fused-ring (bicyclic) bond motifs is 2. The lowest BCUT2D eigenvalue weighted by atomic mass is 9.93. The number of pyridine rings is 1. The Labute approximate surface area is 317 Å². The van der Waals surface area contributed by atoms with Crippen LogP contribution in [0.2, 0.25) is 5.02 Å². The molecular formula is C36H32ClF6N7O4S. The molecule has 0 aliphatic heterocycles. The monoisotopic (exact) mass is 807 g/mol. The molecule has 0 spiro atoms. The third-order valence-corrected chi connectivity index (χ3v) is 9.60. The summed E-state index contributed by atoms with van der Waals surface area (Å²) >= 11 is 6.60. The van der Waals surface area contributed by atoms with Crippen LogP contribution in [0, 0.1) is 23.5 Å². The number of benzene rings is 2. The Morgan fingerprint density at radius 2 is 1.80 bits per heavy atom. The zero-order valence-electron chi connectivity index (χ0n) is 29.2. The summed E-state index contributed by atoms with van der Waals surface area (Å²) in [4.78, 5) is 18.5. The van der Waals surface area contributed by atoms with Crippen LogP contribution < -0.4 is 10.0 Å². The number of aryl methyl sites for hydroxylation is 1. The van der Waals surface area contributed by atoms with E-state index in [0.717, 1.165) is 12.1 Å². The second kappa shape index (κ2) is 15.3. The topological polar surface area (TPSA) is 147 Å². The largest absolute Gasteiger partial charge is 0.392 e. The first-order chi connectivity index (χ1) is 25.9. The first-order valence-corrected chi connectivity index (χ1v) is 18.4. The molecule has 1 amide bonds. The lowest BCUT2D eigenvalue weighted by Crippen LogP contribution is -2.35. The molecule has 1 aliphatic carbocycles. The highest BCUT2D eigenvalue weighted by atomic mass is 35.5. The summed E-state index contributed by atoms with van der Waals surface area (Å²) in [5.41, 5.74) is -2.64. The fraction of sp³-hybridized carbons (Fsp3) is 0.333. The lowest BCUT2D eigenvalue weighted by molar-refractivity contribution is -0.122. The number of aromatic nitrogens is 5. The van der Waals surface area contributed by atoms with E-state index in [1.807, 2.05) is 0 Å². The van der Waals surface area contributed by atoms with Crippen molar-refractivity contribution in [2.75, 3.05) is 17.6 Å². The molecule has 4 N–H and O–H groups in total. The van der Waals surface area contributed by atoms with E-state index in [1.165, 1.54) is 30.0 Å². The van der Waals surface area contributed by atoms with Crippen LogP contribution in [0.4, 0.5) is 32.2 Å². The standard InChI is InChI=1S/C36H32ClF6N7O4S/c1-35(53,17-51)10-8-21-4-5-22(23-6-7-25(37)28-31(23)49(2)47-34(28)48-55(3)54)29(44-21)26(14-18-12-19(38)15-20(39)13-18)45-27(52)16-50-32-24(9-11-36(32,42)43)30(46-50)33(40)41/h4-7,12-13,15,26,33,51,53H,9,11,14,16-17H2,1-3H3,(H,45,52)(H,47,48). The quantitative estimate of drug-likeness (QED) is 0.0999. The minimum Gasteiger partial charge on any atom is -0.392 e. The van der Waals surface area contributed by atoms with Crippen molar-refractivity contribution in [3.63, 3.8) is 0 Å². The molecule has 19 heteroatoms. The van der Waals surface area contributed by atoms with Gasteiger partial charge in [0.15, 0.2) is 5.82 Å². The van der Waals surface area contributed by atoms with Crippen LogP contribution in [0.3, 0.4) is 0 Å². The summed E-state index contributed by atoms with van der Waals surface area (Å²) in [6.45, 7) is -0.392. The van der Waals surface area contributed by atoms with Gasteiger partial charge < -0.3 is 15.5 Å². The molecule has 2 aromatic carbocycles. The Morgan fingerprint density at radius 1 is 1.11 bits per heavy atom. The van der Waals surface area contributed by atoms with Gasteiger partial charge in [0.05, 0.1) is 34.3 Å². The van der Waals surface area contributed by atoms with E-state index in [4.69, 9.17) is 11.6 Å². The molecule has 290 valence electrons. The molecular weight excluding hydrogens is 776 g/mol. The van der Waals surface area contributed by atoms with E-state index in [-0.39, 0.29) is 46.2 Å². The lowest BCUT2D eigenvalue weighted by Gasteiger charge is -2.23. The predicted molar refractivity (Wildman–Crippen MR) is 192 cm³/mol. The van der Waals surface area contributed by atoms with Crippen molar-refractivity contribution in [2.45, 2.75) is 56.7 Å². The van der Waals surface area contributed by atoms with Gasteiger partial charge in [-0.2, -0.15) is 19.0 Å². The van der Waals surface area contributed by atoms with Gasteiger partial charge in [-0.05, 0) is 61.6 Å². The highest BCUT2D eigenvalue weighted by Gasteiger charge is 2.46. The van der Waals surface area contributed by atoms with Gasteiger partial charge in [-0.3, -0.25) is 18.9 Å². The number of carbonyl (C=O) groups is 1. The summed E-state index contributed by atoms with van der Waals surface area (Å²) in [7, 11) is 0.0384. The van der Waals surface area contributed by atoms with Gasteiger partial charge in [-0.15, -0.1) is 0 Å². The van der Waals surface area contributed by atoms with Gasteiger partial charge >= 0.3 is 0 Å². The van der Waals surface area contributed by atoms with Crippen LogP contribution in [0.1, 0.15) is 59.7 Å². The van der Waals surface area contributed by atoms with E-state index in [0.29, 0.717) is 32.8 Å². The highest BCUT2D eigenvalue weighted by molar-refractivity contribution is 7.85. The maximum absolute atomic E-state index is 14.9. The van der Waals surface area contributed by atoms with Crippen LogP contribution in [0.5, 0.6) is 0 Å². The average molecular weight is 808 g/mol. The number of aliphatic hydroxyl groups excluding tert-OH is 1. The zero-order chi connectivity index (χ0) is 40.0. The van der Waals surface area contributed by atoms with Gasteiger partial charge in [0.25, 0.3) is 12.3 Å². The SMILES string of the molecule is Cn1nc(NS(C)=O)c2c(Cl)ccc(-c3ccc(C#CC(C)(O)CO)nc3C(Cc3cc(F)cc(F)c3)NC(=O)Cn3nc(C(F)F)c4c3C(F)(F)CC4)c21. The van der Waals surface area contributed by atoms with E-state index >= 15 is 0 Å². The van der Waals surface area contributed by atoms with Crippen molar-refractivity contribution >= 4 is 45.2 Å². The predicted octanol–water partition coefficient (Wildman–Crippen LogP) is 5.64. The Hall–Kier alpha value is -4.96. The third-order valence-electron chi connectivity index (χ3n) is 8.81. The molecule has 11 nitrogen and oxygen atoms in total. The number of anilines is 1. The number of carbonyl (C=O) groups excluding carboxylic acids is 1. The fourth-order valence-corrected chi connectivity index (χ4v) is 7.16. The van der Waals surface area contributed by atoms with Crippen LogP contribution >= 0.6 is 11.6 Å². The molecule has 5 aromatic rings. The van der Waals surface area contributed by atoms with Crippen LogP contribution in [-0.2, 0) is 48.1 Å². The molecule has 1 aliphatic rings. The number of halogens is 7. The number of nitrogens with zero attached hydrogens (tertiary/aromatic N) is 5. The van der Waals surface area contributed by atoms with Gasteiger partial charge in [0, 0.05) is 42.5 Å². The molecule has 0 saturated carbocycles. The Kier molecular flexibility index (Phi) is 11.0. The molecule has 0 bridgehead atoms. The molecule has 3 aromatic heterocycles. The number of nitrogens with one attached hydrogen (secondary N) is 2. The smallest absolute Gasteiger partial charge is 0.290 e. The molecule has 0 saturated heterocycles. The van der Waals surface area contributed by atoms with Crippen molar-refractivity contribution in [1.82, 2.24) is 29.9 Å². The molecule has 55 heavy (non-hydrogen) atoms. The second-order valence-electron chi connectivity index (χ2n) is 13.1. The van der Waals surface area contributed by atoms with Gasteiger partial charge in [0.1, 0.15) is 51.8 Å². The van der Waals surface area contributed by atoms with Gasteiger partial charge in [-0.1, -0.05) is 23.6 Å². The van der Waals surface area contributed by atoms with E-state index < -0.39 is 83.5 Å². The van der Waals surface area contributed by atoms with Crippen LogP contribution in [0.15, 0.2) is 42.5 Å². The van der Waals surface area contributed by atoms with E-state index in [2.05, 4.69) is 37.1 Å². The molecule has 3 unspecified atom stereocenters. The van der Waals surface area contributed by atoms with Crippen LogP contribution in [0.25, 0.3) is 22.0 Å². The van der Waals surface area contributed by atoms with Crippen LogP contribution in [-0.4, -0.2) is 63.3 Å². The number of hydrogen-bond donors (Lipinski definition) is 4. The average Bonchev–Trinajstić information content (AvgIpc) is 3.74. The van der Waals surface area contributed by atoms with E-state index in [1.54, 1.807) is 19.2 Å². The maximum Gasteiger partial charge on any atom is 0.290 e. The number of aliphatic hydroxyl groups is 2. The summed E-state index contributed by atoms with van der Waals surface area (Å²) in [6.07, 6.45) is -3.24. The number of amides is 1. The number of alkyl halides is 4. The fourth-order valence-electron chi connectivity index (χ4n) is 6.50. The van der Waals surface area contributed by atoms with Crippen molar-refractivity contribution in [3.8, 4) is 23.0 Å². The number of rotatable bonds is 11. The summed E-state index contributed by atoms with van der Waals surface area (Å²) in [5, 5.41) is 31.2. The summed E-state index contributed by atoms with van der Waals surface area (Å²) < 4.78 is 103. The summed E-state index contributed by atoms with van der Waals surface area (Å²) in [5.74, 6) is -1.05. The first kappa shape index (κ1) is 39.7. The van der Waals surface area contributed by atoms with E-state index in [9.17, 15) is 45.6 Å². The molecule has 3 heterocycles. The first-order valence-electron chi connectivity index (χ1n) is 16.5. The summed E-state index contributed by atoms with van der Waals surface area (Å²) in [6, 6.07) is 7.54. The number of hydrogen-bond acceptors (Lipinski definition) is 7. The van der Waals surface area contributed by atoms with Gasteiger partial charge in [-0.25, -0.2) is 26.8 Å². The normalized spacial score (nSPS) is 15.7. The van der Waals surface area contributed by atoms with Crippen molar-refractivity contribution in [1.29, 1.82) is 0 Å². The van der Waals surface area contributed by atoms with Crippen molar-refractivity contribution in [2.24, 2.45) is 7.05 Å².